The first-order valence-corrected chi connectivity index (χ1v) is 6.94. The van der Waals surface area contributed by atoms with Gasteiger partial charge in [-0.25, -0.2) is 0 Å². The number of nitrogens with zero attached hydrogens (tertiary/aromatic N) is 1. The Morgan fingerprint density at radius 1 is 1.53 bits per heavy atom. The molecule has 0 aromatic carbocycles. The van der Waals surface area contributed by atoms with Crippen LogP contribution in [-0.4, -0.2) is 35.7 Å². The van der Waals surface area contributed by atoms with Crippen LogP contribution in [0.4, 0.5) is 0 Å². The largest absolute Gasteiger partial charge is 0.502 e. The van der Waals surface area contributed by atoms with Crippen molar-refractivity contribution in [3.8, 4) is 5.75 Å². The Morgan fingerprint density at radius 3 is 3.11 bits per heavy atom. The van der Waals surface area contributed by atoms with E-state index >= 15 is 0 Å². The number of hydrogen-bond donors (Lipinski definition) is 2. The summed E-state index contributed by atoms with van der Waals surface area (Å²) in [6.45, 7) is 6.11. The van der Waals surface area contributed by atoms with Gasteiger partial charge in [0.1, 0.15) is 12.0 Å². The van der Waals surface area contributed by atoms with E-state index in [-0.39, 0.29) is 11.2 Å². The molecule has 0 aliphatic carbocycles. The van der Waals surface area contributed by atoms with E-state index in [1.165, 1.54) is 6.07 Å². The van der Waals surface area contributed by atoms with Gasteiger partial charge in [-0.15, -0.1) is 0 Å². The van der Waals surface area contributed by atoms with Crippen molar-refractivity contribution in [1.29, 1.82) is 0 Å². The number of likely N-dealkylation sites (tertiary alicyclic amines) is 1. The predicted octanol–water partition coefficient (Wildman–Crippen LogP) is 0.775. The molecule has 3 heterocycles. The summed E-state index contributed by atoms with van der Waals surface area (Å²) < 4.78 is 5.31. The van der Waals surface area contributed by atoms with Gasteiger partial charge >= 0.3 is 0 Å². The number of fused-ring (bicyclic) bond motifs is 1. The van der Waals surface area contributed by atoms with Crippen molar-refractivity contribution in [1.82, 2.24) is 10.2 Å². The lowest BCUT2D eigenvalue weighted by Gasteiger charge is -2.26. The molecule has 2 aliphatic rings. The van der Waals surface area contributed by atoms with Gasteiger partial charge in [0.2, 0.25) is 5.43 Å². The smallest absolute Gasteiger partial charge is 0.226 e. The SMILES string of the molecule is CCC1C2CNCC2CN1Cc1cc(=O)c(O)co1. The Bertz CT molecular complexity index is 514. The molecule has 1 aromatic heterocycles. The van der Waals surface area contributed by atoms with Gasteiger partial charge in [0.25, 0.3) is 0 Å². The summed E-state index contributed by atoms with van der Waals surface area (Å²) in [4.78, 5) is 13.8. The molecule has 0 spiro atoms. The molecule has 2 fully saturated rings. The molecule has 2 saturated heterocycles. The van der Waals surface area contributed by atoms with Gasteiger partial charge in [0, 0.05) is 18.7 Å². The van der Waals surface area contributed by atoms with Crippen LogP contribution in [0.3, 0.4) is 0 Å². The summed E-state index contributed by atoms with van der Waals surface area (Å²) in [5.74, 6) is 1.75. The fourth-order valence-corrected chi connectivity index (χ4v) is 3.58. The molecule has 0 amide bonds. The highest BCUT2D eigenvalue weighted by atomic mass is 16.4. The van der Waals surface area contributed by atoms with Crippen LogP contribution in [0.25, 0.3) is 0 Å². The van der Waals surface area contributed by atoms with E-state index in [1.54, 1.807) is 0 Å². The van der Waals surface area contributed by atoms with Crippen molar-refractivity contribution in [3.63, 3.8) is 0 Å². The molecule has 5 heteroatoms. The average molecular weight is 264 g/mol. The van der Waals surface area contributed by atoms with Crippen LogP contribution in [0.5, 0.6) is 5.75 Å². The van der Waals surface area contributed by atoms with E-state index in [1.807, 2.05) is 0 Å². The summed E-state index contributed by atoms with van der Waals surface area (Å²) in [6.07, 6.45) is 2.25. The highest BCUT2D eigenvalue weighted by molar-refractivity contribution is 5.15. The molecule has 19 heavy (non-hydrogen) atoms. The Labute approximate surface area is 112 Å². The van der Waals surface area contributed by atoms with Crippen molar-refractivity contribution < 1.29 is 9.52 Å². The Morgan fingerprint density at radius 2 is 2.37 bits per heavy atom. The second-order valence-electron chi connectivity index (χ2n) is 5.58. The Hall–Kier alpha value is -1.33. The molecule has 2 N–H and O–H groups in total. The van der Waals surface area contributed by atoms with Gasteiger partial charge in [-0.1, -0.05) is 6.92 Å². The van der Waals surface area contributed by atoms with Gasteiger partial charge in [-0.3, -0.25) is 9.69 Å². The van der Waals surface area contributed by atoms with Crippen molar-refractivity contribution >= 4 is 0 Å². The maximum absolute atomic E-state index is 11.4. The molecule has 3 rings (SSSR count). The zero-order chi connectivity index (χ0) is 13.4. The summed E-state index contributed by atoms with van der Waals surface area (Å²) >= 11 is 0. The maximum atomic E-state index is 11.4. The number of hydrogen-bond acceptors (Lipinski definition) is 5. The van der Waals surface area contributed by atoms with Gasteiger partial charge in [0.05, 0.1) is 6.54 Å². The van der Waals surface area contributed by atoms with Crippen LogP contribution in [0.2, 0.25) is 0 Å². The van der Waals surface area contributed by atoms with Crippen molar-refractivity contribution in [2.75, 3.05) is 19.6 Å². The summed E-state index contributed by atoms with van der Waals surface area (Å²) in [6, 6.07) is 1.95. The third-order valence-corrected chi connectivity index (χ3v) is 4.47. The second kappa shape index (κ2) is 4.98. The number of nitrogens with one attached hydrogen (secondary N) is 1. The summed E-state index contributed by atoms with van der Waals surface area (Å²) in [5.41, 5.74) is -0.365. The molecule has 2 aliphatic heterocycles. The van der Waals surface area contributed by atoms with E-state index in [0.29, 0.717) is 30.2 Å². The van der Waals surface area contributed by atoms with Crippen molar-refractivity contribution in [3.05, 3.63) is 28.3 Å². The molecular weight excluding hydrogens is 244 g/mol. The fourth-order valence-electron chi connectivity index (χ4n) is 3.58. The molecule has 104 valence electrons. The van der Waals surface area contributed by atoms with Crippen LogP contribution in [0, 0.1) is 11.8 Å². The van der Waals surface area contributed by atoms with Crippen LogP contribution in [0.1, 0.15) is 19.1 Å². The molecule has 0 saturated carbocycles. The molecule has 3 atom stereocenters. The highest BCUT2D eigenvalue weighted by Gasteiger charge is 2.43. The first kappa shape index (κ1) is 12.7. The molecule has 0 bridgehead atoms. The predicted molar refractivity (Wildman–Crippen MR) is 71.0 cm³/mol. The van der Waals surface area contributed by atoms with Crippen LogP contribution >= 0.6 is 0 Å². The Balaban J connectivity index is 1.75. The van der Waals surface area contributed by atoms with Crippen LogP contribution in [-0.2, 0) is 6.54 Å². The lowest BCUT2D eigenvalue weighted by molar-refractivity contribution is 0.193. The first-order valence-electron chi connectivity index (χ1n) is 6.94. The quantitative estimate of drug-likeness (QED) is 0.844. The number of aromatic hydroxyl groups is 1. The molecule has 1 aromatic rings. The van der Waals surface area contributed by atoms with Crippen molar-refractivity contribution in [2.24, 2.45) is 11.8 Å². The zero-order valence-electron chi connectivity index (χ0n) is 11.1. The van der Waals surface area contributed by atoms with Gasteiger partial charge < -0.3 is 14.8 Å². The molecule has 3 unspecified atom stereocenters. The van der Waals surface area contributed by atoms with Gasteiger partial charge in [-0.05, 0) is 31.3 Å². The normalized spacial score (nSPS) is 30.7. The fraction of sp³-hybridized carbons (Fsp3) is 0.643. The third kappa shape index (κ3) is 2.28. The summed E-state index contributed by atoms with van der Waals surface area (Å²) in [7, 11) is 0. The van der Waals surface area contributed by atoms with Crippen LogP contribution in [0.15, 0.2) is 21.5 Å². The molecule has 0 radical (unpaired) electrons. The molecular formula is C14H20N2O3. The average Bonchev–Trinajstić information content (AvgIpc) is 2.94. The first-order chi connectivity index (χ1) is 9.19. The van der Waals surface area contributed by atoms with Gasteiger partial charge in [0.15, 0.2) is 5.75 Å². The van der Waals surface area contributed by atoms with Crippen LogP contribution < -0.4 is 10.7 Å². The molecule has 5 nitrogen and oxygen atoms in total. The van der Waals surface area contributed by atoms with Gasteiger partial charge in [-0.2, -0.15) is 0 Å². The minimum absolute atomic E-state index is 0.321. The lowest BCUT2D eigenvalue weighted by Crippen LogP contribution is -2.34. The minimum atomic E-state index is -0.365. The van der Waals surface area contributed by atoms with E-state index in [4.69, 9.17) is 4.42 Å². The monoisotopic (exact) mass is 264 g/mol. The van der Waals surface area contributed by atoms with Crippen molar-refractivity contribution in [2.45, 2.75) is 25.9 Å². The minimum Gasteiger partial charge on any atom is -0.502 e. The topological polar surface area (TPSA) is 65.7 Å². The summed E-state index contributed by atoms with van der Waals surface area (Å²) in [5, 5.41) is 12.7. The standard InChI is InChI=1S/C14H20N2O3/c1-2-12-11-5-15-4-9(11)6-16(12)7-10-3-13(17)14(18)8-19-10/h3,8-9,11-12,15,18H,2,4-7H2,1H3. The van der Waals surface area contributed by atoms with E-state index in [9.17, 15) is 9.90 Å². The lowest BCUT2D eigenvalue weighted by atomic mass is 9.93. The van der Waals surface area contributed by atoms with E-state index < -0.39 is 0 Å². The highest BCUT2D eigenvalue weighted by Crippen LogP contribution is 2.35. The zero-order valence-corrected chi connectivity index (χ0v) is 11.1. The second-order valence-corrected chi connectivity index (χ2v) is 5.58. The number of rotatable bonds is 3. The maximum Gasteiger partial charge on any atom is 0.226 e. The Kier molecular flexibility index (Phi) is 3.33. The van der Waals surface area contributed by atoms with E-state index in [0.717, 1.165) is 32.3 Å². The third-order valence-electron chi connectivity index (χ3n) is 4.47. The van der Waals surface area contributed by atoms with E-state index in [2.05, 4.69) is 17.1 Å².